The highest BCUT2D eigenvalue weighted by Gasteiger charge is 2.09. The second-order valence-corrected chi connectivity index (χ2v) is 6.20. The first-order valence-electron chi connectivity index (χ1n) is 7.77. The van der Waals surface area contributed by atoms with Crippen molar-refractivity contribution in [2.24, 2.45) is 0 Å². The van der Waals surface area contributed by atoms with Gasteiger partial charge < -0.3 is 0 Å². The number of hydrogen-bond donors (Lipinski definition) is 0. The van der Waals surface area contributed by atoms with Gasteiger partial charge in [-0.05, 0) is 24.1 Å². The Morgan fingerprint density at radius 3 is 2.68 bits per heavy atom. The highest BCUT2D eigenvalue weighted by Crippen LogP contribution is 2.22. The van der Waals surface area contributed by atoms with E-state index in [0.29, 0.717) is 19.6 Å². The molecule has 0 N–H and O–H groups in total. The Balaban J connectivity index is 1.87. The van der Waals surface area contributed by atoms with Gasteiger partial charge in [0.2, 0.25) is 0 Å². The van der Waals surface area contributed by atoms with Crippen LogP contribution < -0.4 is 0 Å². The van der Waals surface area contributed by atoms with Crippen molar-refractivity contribution in [1.29, 1.82) is 0 Å². The van der Waals surface area contributed by atoms with Gasteiger partial charge in [0.25, 0.3) is 0 Å². The Morgan fingerprint density at radius 1 is 1.09 bits per heavy atom. The van der Waals surface area contributed by atoms with Crippen LogP contribution in [0.4, 0.5) is 0 Å². The van der Waals surface area contributed by atoms with E-state index in [9.17, 15) is 4.79 Å². The summed E-state index contributed by atoms with van der Waals surface area (Å²) in [4.78, 5) is 21.0. The zero-order valence-electron chi connectivity index (χ0n) is 13.0. The number of fused-ring (bicyclic) bond motifs is 3. The van der Waals surface area contributed by atoms with Gasteiger partial charge in [-0.15, -0.1) is 0 Å². The highest BCUT2D eigenvalue weighted by atomic mass is 16.1. The number of hydrogen-bond acceptors (Lipinski definition) is 3. The van der Waals surface area contributed by atoms with E-state index in [4.69, 9.17) is 0 Å². The van der Waals surface area contributed by atoms with Crippen LogP contribution in [-0.4, -0.2) is 22.5 Å². The molecule has 0 radical (unpaired) electrons. The van der Waals surface area contributed by atoms with E-state index in [-0.39, 0.29) is 5.78 Å². The third-order valence-electron chi connectivity index (χ3n) is 3.88. The summed E-state index contributed by atoms with van der Waals surface area (Å²) in [6.45, 7) is 4.85. The van der Waals surface area contributed by atoms with E-state index < -0.39 is 0 Å². The first-order valence-corrected chi connectivity index (χ1v) is 7.77. The van der Waals surface area contributed by atoms with Crippen molar-refractivity contribution < 1.29 is 4.79 Å². The molecule has 110 valence electrons. The van der Waals surface area contributed by atoms with Gasteiger partial charge >= 0.3 is 0 Å². The van der Waals surface area contributed by atoms with Crippen molar-refractivity contribution in [3.8, 4) is 0 Å². The number of pyridine rings is 2. The van der Waals surface area contributed by atoms with Crippen LogP contribution in [0.2, 0.25) is 20.0 Å². The summed E-state index contributed by atoms with van der Waals surface area (Å²) in [5.41, 5.74) is 2.80. The summed E-state index contributed by atoms with van der Waals surface area (Å²) >= 11 is 0. The summed E-state index contributed by atoms with van der Waals surface area (Å²) in [5.74, 6) is 0.286. The molecule has 0 bridgehead atoms. The fraction of sp³-hybridized carbons (Fsp3) is 0.278. The highest BCUT2D eigenvalue weighted by molar-refractivity contribution is 6.55. The van der Waals surface area contributed by atoms with Crippen LogP contribution in [-0.2, 0) is 11.2 Å². The van der Waals surface area contributed by atoms with Crippen molar-refractivity contribution in [1.82, 2.24) is 9.97 Å². The molecule has 0 spiro atoms. The number of rotatable bonds is 5. The van der Waals surface area contributed by atoms with Crippen LogP contribution in [0.1, 0.15) is 12.0 Å². The Bertz CT molecular complexity index is 830. The van der Waals surface area contributed by atoms with Crippen LogP contribution >= 0.6 is 0 Å². The maximum atomic E-state index is 12.0. The predicted molar refractivity (Wildman–Crippen MR) is 92.7 cm³/mol. The number of aromatic nitrogens is 2. The number of Topliss-reactive ketones (excluding diaryl/α,β-unsaturated/α-hetero) is 1. The molecule has 0 fully saturated rings. The topological polar surface area (TPSA) is 42.9 Å². The zero-order valence-corrected chi connectivity index (χ0v) is 13.0. The number of ketones is 1. The first kappa shape index (κ1) is 14.7. The van der Waals surface area contributed by atoms with Gasteiger partial charge in [-0.25, -0.2) is 0 Å². The predicted octanol–water partition coefficient (Wildman–Crippen LogP) is 4.04. The summed E-state index contributed by atoms with van der Waals surface area (Å²) in [6.07, 6.45) is 5.66. The molecule has 0 saturated heterocycles. The average molecular weight is 290 g/mol. The van der Waals surface area contributed by atoms with E-state index >= 15 is 0 Å². The van der Waals surface area contributed by atoms with Crippen molar-refractivity contribution >= 4 is 34.3 Å². The molecule has 0 amide bonds. The minimum Gasteiger partial charge on any atom is -0.299 e. The number of carbonyl (C=O) groups is 1. The molecule has 2 aromatic heterocycles. The summed E-state index contributed by atoms with van der Waals surface area (Å²) in [7, 11) is 0. The fourth-order valence-electron chi connectivity index (χ4n) is 2.64. The number of benzene rings is 1. The summed E-state index contributed by atoms with van der Waals surface area (Å²) < 4.78 is 0. The van der Waals surface area contributed by atoms with Crippen molar-refractivity contribution in [3.05, 3.63) is 48.3 Å². The molecule has 0 saturated carbocycles. The van der Waals surface area contributed by atoms with Gasteiger partial charge in [0.15, 0.2) is 0 Å². The summed E-state index contributed by atoms with van der Waals surface area (Å²) in [6, 6.07) is 10.1. The normalized spacial score (nSPS) is 11.0. The molecule has 0 aliphatic carbocycles. The first-order chi connectivity index (χ1) is 10.6. The number of nitrogens with zero attached hydrogens (tertiary/aromatic N) is 2. The molecule has 0 atom stereocenters. The molecular formula is C18H19BN2O. The standard InChI is InChI=1S/C18H19BN2O/c1-19(2)8-7-16(22)11-13-10-15-6-5-14-4-3-9-20-17(14)18(15)21-12-13/h3-6,9-10,12H,7-8,11H2,1-2H3. The molecule has 3 rings (SSSR count). The van der Waals surface area contributed by atoms with Crippen molar-refractivity contribution in [2.75, 3.05) is 0 Å². The second kappa shape index (κ2) is 6.26. The smallest absolute Gasteiger partial charge is 0.136 e. The Hall–Kier alpha value is -2.23. The van der Waals surface area contributed by atoms with Crippen LogP contribution in [0.15, 0.2) is 42.7 Å². The fourth-order valence-corrected chi connectivity index (χ4v) is 2.64. The maximum Gasteiger partial charge on any atom is 0.136 e. The minimum atomic E-state index is 0.286. The molecule has 2 heterocycles. The quantitative estimate of drug-likeness (QED) is 0.526. The Kier molecular flexibility index (Phi) is 4.19. The molecule has 22 heavy (non-hydrogen) atoms. The Morgan fingerprint density at radius 2 is 1.86 bits per heavy atom. The Labute approximate surface area is 130 Å². The van der Waals surface area contributed by atoms with Gasteiger partial charge in [0.05, 0.1) is 11.0 Å². The van der Waals surface area contributed by atoms with E-state index in [0.717, 1.165) is 33.7 Å². The average Bonchev–Trinajstić information content (AvgIpc) is 2.52. The molecule has 0 unspecified atom stereocenters. The van der Waals surface area contributed by atoms with E-state index in [1.807, 2.05) is 18.3 Å². The van der Waals surface area contributed by atoms with Gasteiger partial charge in [-0.1, -0.05) is 38.2 Å². The van der Waals surface area contributed by atoms with Crippen LogP contribution in [0.3, 0.4) is 0 Å². The lowest BCUT2D eigenvalue weighted by atomic mass is 9.51. The third-order valence-corrected chi connectivity index (χ3v) is 3.88. The van der Waals surface area contributed by atoms with E-state index in [1.165, 1.54) is 0 Å². The van der Waals surface area contributed by atoms with Crippen LogP contribution in [0.25, 0.3) is 21.8 Å². The van der Waals surface area contributed by atoms with E-state index in [1.54, 1.807) is 6.20 Å². The number of carbonyl (C=O) groups excluding carboxylic acids is 1. The van der Waals surface area contributed by atoms with Gasteiger partial charge in [-0.2, -0.15) is 0 Å². The monoisotopic (exact) mass is 290 g/mol. The summed E-state index contributed by atoms with van der Waals surface area (Å²) in [5, 5.41) is 2.13. The lowest BCUT2D eigenvalue weighted by Gasteiger charge is -2.06. The van der Waals surface area contributed by atoms with Crippen molar-refractivity contribution in [2.45, 2.75) is 32.8 Å². The maximum absolute atomic E-state index is 12.0. The SMILES string of the molecule is CB(C)CCC(=O)Cc1cnc2c(ccc3cccnc32)c1. The van der Waals surface area contributed by atoms with Crippen LogP contribution in [0, 0.1) is 0 Å². The molecule has 0 aliphatic rings. The van der Waals surface area contributed by atoms with Gasteiger partial charge in [-0.3, -0.25) is 14.8 Å². The van der Waals surface area contributed by atoms with Gasteiger partial charge in [0.1, 0.15) is 12.5 Å². The second-order valence-electron chi connectivity index (χ2n) is 6.20. The minimum absolute atomic E-state index is 0.286. The molecule has 3 aromatic rings. The zero-order chi connectivity index (χ0) is 15.5. The molecule has 3 nitrogen and oxygen atoms in total. The molecule has 1 aromatic carbocycles. The lowest BCUT2D eigenvalue weighted by Crippen LogP contribution is -2.07. The van der Waals surface area contributed by atoms with Crippen LogP contribution in [0.5, 0.6) is 0 Å². The van der Waals surface area contributed by atoms with Gasteiger partial charge in [0, 0.05) is 29.6 Å². The van der Waals surface area contributed by atoms with Crippen molar-refractivity contribution in [3.63, 3.8) is 0 Å². The third kappa shape index (κ3) is 3.16. The lowest BCUT2D eigenvalue weighted by molar-refractivity contribution is -0.118. The van der Waals surface area contributed by atoms with E-state index in [2.05, 4.69) is 41.8 Å². The molecular weight excluding hydrogens is 271 g/mol. The molecule has 4 heteroatoms. The molecule has 0 aliphatic heterocycles. The largest absolute Gasteiger partial charge is 0.299 e.